The molecule has 4 nitrogen and oxygen atoms in total. The Morgan fingerprint density at radius 3 is 2.04 bits per heavy atom. The van der Waals surface area contributed by atoms with Crippen LogP contribution in [-0.4, -0.2) is 28.8 Å². The fraction of sp³-hybridized carbons (Fsp3) is 0.391. The Bertz CT molecular complexity index is 716. The first-order chi connectivity index (χ1) is 13.0. The first kappa shape index (κ1) is 20.7. The van der Waals surface area contributed by atoms with Crippen LogP contribution in [0.5, 0.6) is 0 Å². The van der Waals surface area contributed by atoms with Gasteiger partial charge in [0.25, 0.3) is 0 Å². The lowest BCUT2D eigenvalue weighted by molar-refractivity contribution is -0.140. The van der Waals surface area contributed by atoms with Crippen molar-refractivity contribution in [1.82, 2.24) is 10.2 Å². The summed E-state index contributed by atoms with van der Waals surface area (Å²) in [6, 6.07) is 19.4. The molecule has 144 valence electrons. The molecular weight excluding hydrogens is 336 g/mol. The van der Waals surface area contributed by atoms with Crippen molar-refractivity contribution in [2.75, 3.05) is 0 Å². The number of carbonyl (C=O) groups is 2. The van der Waals surface area contributed by atoms with E-state index in [9.17, 15) is 9.59 Å². The van der Waals surface area contributed by atoms with Gasteiger partial charge in [-0.25, -0.2) is 0 Å². The lowest BCUT2D eigenvalue weighted by atomic mass is 10.1. The van der Waals surface area contributed by atoms with E-state index in [4.69, 9.17) is 0 Å². The van der Waals surface area contributed by atoms with E-state index in [2.05, 4.69) is 5.32 Å². The number of hydrogen-bond donors (Lipinski definition) is 1. The largest absolute Gasteiger partial charge is 0.352 e. The number of carbonyl (C=O) groups excluding carboxylic acids is 2. The number of hydrogen-bond acceptors (Lipinski definition) is 2. The SMILES string of the molecule is CC[C@H](C)NC(=O)[C@H](C)N(Cc1ccccc1)C(=O)CCc1ccccc1. The number of aryl methyl sites for hydroxylation is 1. The quantitative estimate of drug-likeness (QED) is 0.730. The molecule has 0 bridgehead atoms. The first-order valence-corrected chi connectivity index (χ1v) is 9.69. The third-order valence-corrected chi connectivity index (χ3v) is 4.83. The van der Waals surface area contributed by atoms with E-state index < -0.39 is 6.04 Å². The molecule has 2 rings (SSSR count). The molecule has 0 aliphatic heterocycles. The molecule has 2 aromatic carbocycles. The third-order valence-electron chi connectivity index (χ3n) is 4.83. The van der Waals surface area contributed by atoms with Gasteiger partial charge in [-0.2, -0.15) is 0 Å². The van der Waals surface area contributed by atoms with Gasteiger partial charge in [0.15, 0.2) is 0 Å². The lowest BCUT2D eigenvalue weighted by Gasteiger charge is -2.29. The molecule has 2 atom stereocenters. The third kappa shape index (κ3) is 6.55. The van der Waals surface area contributed by atoms with Crippen LogP contribution in [0.4, 0.5) is 0 Å². The second-order valence-electron chi connectivity index (χ2n) is 6.99. The van der Waals surface area contributed by atoms with Gasteiger partial charge in [0.1, 0.15) is 6.04 Å². The summed E-state index contributed by atoms with van der Waals surface area (Å²) >= 11 is 0. The van der Waals surface area contributed by atoms with Crippen molar-refractivity contribution in [2.45, 2.75) is 58.7 Å². The maximum atomic E-state index is 13.0. The summed E-state index contributed by atoms with van der Waals surface area (Å²) in [5.74, 6) is -0.108. The molecule has 0 aliphatic carbocycles. The summed E-state index contributed by atoms with van der Waals surface area (Å²) in [5, 5.41) is 2.99. The summed E-state index contributed by atoms with van der Waals surface area (Å²) in [4.78, 5) is 27.3. The molecule has 2 aromatic rings. The van der Waals surface area contributed by atoms with Gasteiger partial charge in [-0.3, -0.25) is 9.59 Å². The lowest BCUT2D eigenvalue weighted by Crippen LogP contribution is -2.49. The Morgan fingerprint density at radius 2 is 1.48 bits per heavy atom. The number of benzene rings is 2. The summed E-state index contributed by atoms with van der Waals surface area (Å²) in [5.41, 5.74) is 2.15. The van der Waals surface area contributed by atoms with Crippen molar-refractivity contribution in [2.24, 2.45) is 0 Å². The molecule has 4 heteroatoms. The molecule has 0 aliphatic rings. The van der Waals surface area contributed by atoms with Crippen LogP contribution in [0.2, 0.25) is 0 Å². The monoisotopic (exact) mass is 366 g/mol. The second kappa shape index (κ2) is 10.5. The van der Waals surface area contributed by atoms with Gasteiger partial charge < -0.3 is 10.2 Å². The zero-order valence-corrected chi connectivity index (χ0v) is 16.5. The van der Waals surface area contributed by atoms with Crippen LogP contribution in [0.1, 0.15) is 44.7 Å². The maximum absolute atomic E-state index is 13.0. The Hall–Kier alpha value is -2.62. The maximum Gasteiger partial charge on any atom is 0.242 e. The van der Waals surface area contributed by atoms with Crippen molar-refractivity contribution in [3.05, 3.63) is 71.8 Å². The van der Waals surface area contributed by atoms with E-state index in [1.54, 1.807) is 11.8 Å². The molecule has 0 fully saturated rings. The minimum absolute atomic E-state index is 0.00509. The van der Waals surface area contributed by atoms with Gasteiger partial charge in [-0.15, -0.1) is 0 Å². The number of nitrogens with zero attached hydrogens (tertiary/aromatic N) is 1. The van der Waals surface area contributed by atoms with Gasteiger partial charge in [0.05, 0.1) is 0 Å². The van der Waals surface area contributed by atoms with E-state index in [0.717, 1.165) is 17.5 Å². The molecule has 0 aromatic heterocycles. The van der Waals surface area contributed by atoms with Gasteiger partial charge in [-0.1, -0.05) is 67.6 Å². The van der Waals surface area contributed by atoms with Crippen molar-refractivity contribution in [3.8, 4) is 0 Å². The molecule has 0 heterocycles. The van der Waals surface area contributed by atoms with Crippen LogP contribution in [-0.2, 0) is 22.6 Å². The topological polar surface area (TPSA) is 49.4 Å². The Kier molecular flexibility index (Phi) is 8.05. The van der Waals surface area contributed by atoms with Gasteiger partial charge >= 0.3 is 0 Å². The standard InChI is InChI=1S/C23H30N2O2/c1-4-18(2)24-23(27)19(3)25(17-21-13-9-6-10-14-21)22(26)16-15-20-11-7-5-8-12-20/h5-14,18-19H,4,15-17H2,1-3H3,(H,24,27)/t18-,19-/m0/s1. The van der Waals surface area contributed by atoms with Crippen LogP contribution in [0.25, 0.3) is 0 Å². The predicted molar refractivity (Wildman–Crippen MR) is 109 cm³/mol. The Labute approximate surface area is 162 Å². The Morgan fingerprint density at radius 1 is 0.926 bits per heavy atom. The fourth-order valence-corrected chi connectivity index (χ4v) is 2.87. The molecular formula is C23H30N2O2. The highest BCUT2D eigenvalue weighted by Gasteiger charge is 2.26. The highest BCUT2D eigenvalue weighted by atomic mass is 16.2. The van der Waals surface area contributed by atoms with Gasteiger partial charge in [0, 0.05) is 19.0 Å². The zero-order chi connectivity index (χ0) is 19.6. The molecule has 0 saturated heterocycles. The van der Waals surface area contributed by atoms with E-state index in [1.807, 2.05) is 74.5 Å². The van der Waals surface area contributed by atoms with Crippen molar-refractivity contribution >= 4 is 11.8 Å². The smallest absolute Gasteiger partial charge is 0.242 e. The van der Waals surface area contributed by atoms with E-state index in [-0.39, 0.29) is 17.9 Å². The summed E-state index contributed by atoms with van der Waals surface area (Å²) in [6.07, 6.45) is 1.92. The molecule has 0 spiro atoms. The molecule has 0 unspecified atom stereocenters. The summed E-state index contributed by atoms with van der Waals surface area (Å²) in [7, 11) is 0. The van der Waals surface area contributed by atoms with E-state index in [0.29, 0.717) is 19.4 Å². The highest BCUT2D eigenvalue weighted by Crippen LogP contribution is 2.13. The van der Waals surface area contributed by atoms with Crippen LogP contribution in [0, 0.1) is 0 Å². The summed E-state index contributed by atoms with van der Waals surface area (Å²) in [6.45, 7) is 6.25. The minimum Gasteiger partial charge on any atom is -0.352 e. The summed E-state index contributed by atoms with van der Waals surface area (Å²) < 4.78 is 0. The average molecular weight is 367 g/mol. The van der Waals surface area contributed by atoms with Crippen LogP contribution < -0.4 is 5.32 Å². The van der Waals surface area contributed by atoms with Gasteiger partial charge in [-0.05, 0) is 37.8 Å². The number of amides is 2. The van der Waals surface area contributed by atoms with Gasteiger partial charge in [0.2, 0.25) is 11.8 Å². The molecule has 27 heavy (non-hydrogen) atoms. The molecule has 1 N–H and O–H groups in total. The van der Waals surface area contributed by atoms with E-state index in [1.165, 1.54) is 0 Å². The molecule has 0 radical (unpaired) electrons. The average Bonchev–Trinajstić information content (AvgIpc) is 2.71. The first-order valence-electron chi connectivity index (χ1n) is 9.69. The minimum atomic E-state index is -0.512. The van der Waals surface area contributed by atoms with Crippen molar-refractivity contribution < 1.29 is 9.59 Å². The number of nitrogens with one attached hydrogen (secondary N) is 1. The molecule has 0 saturated carbocycles. The van der Waals surface area contributed by atoms with Crippen molar-refractivity contribution in [3.63, 3.8) is 0 Å². The normalized spacial score (nSPS) is 12.9. The van der Waals surface area contributed by atoms with Crippen LogP contribution in [0.3, 0.4) is 0 Å². The zero-order valence-electron chi connectivity index (χ0n) is 16.5. The van der Waals surface area contributed by atoms with Crippen LogP contribution in [0.15, 0.2) is 60.7 Å². The fourth-order valence-electron chi connectivity index (χ4n) is 2.87. The van der Waals surface area contributed by atoms with Crippen molar-refractivity contribution in [1.29, 1.82) is 0 Å². The predicted octanol–water partition coefficient (Wildman–Crippen LogP) is 3.95. The number of rotatable bonds is 9. The second-order valence-corrected chi connectivity index (χ2v) is 6.99. The highest BCUT2D eigenvalue weighted by molar-refractivity contribution is 5.87. The van der Waals surface area contributed by atoms with E-state index >= 15 is 0 Å². The Balaban J connectivity index is 2.10. The van der Waals surface area contributed by atoms with Crippen LogP contribution >= 0.6 is 0 Å². The molecule has 2 amide bonds.